The van der Waals surface area contributed by atoms with Crippen LogP contribution in [-0.2, 0) is 4.79 Å². The topological polar surface area (TPSA) is 158 Å². The Kier molecular flexibility index (Phi) is 7.42. The Bertz CT molecular complexity index is 1510. The second-order valence-corrected chi connectivity index (χ2v) is 8.48. The number of ether oxygens (including phenoxy) is 3. The number of benzene rings is 2. The van der Waals surface area contributed by atoms with E-state index >= 15 is 4.39 Å². The van der Waals surface area contributed by atoms with Gasteiger partial charge in [0, 0.05) is 40.7 Å². The highest BCUT2D eigenvalue weighted by Crippen LogP contribution is 2.40. The van der Waals surface area contributed by atoms with Crippen molar-refractivity contribution >= 4 is 27.8 Å². The minimum absolute atomic E-state index is 0.0714. The molecule has 0 radical (unpaired) electrons. The fraction of sp³-hybridized carbons (Fsp3) is 0.269. The van der Waals surface area contributed by atoms with E-state index in [-0.39, 0.29) is 41.6 Å². The SMILES string of the molecule is COc1cc2c(Oc3ccc4[nH]c(C)cc4c3F)c(C#N)cnc2cc1OC[C@@H](O)C[C@@H](O)CC(=O)O. The van der Waals surface area contributed by atoms with Gasteiger partial charge in [0.15, 0.2) is 28.8 Å². The number of aryl methyl sites for hydroxylation is 1. The zero-order chi connectivity index (χ0) is 26.7. The number of halogens is 1. The third kappa shape index (κ3) is 5.55. The summed E-state index contributed by atoms with van der Waals surface area (Å²) in [5.74, 6) is -1.31. The Morgan fingerprint density at radius 2 is 1.95 bits per heavy atom. The molecule has 0 aliphatic rings. The number of nitriles is 1. The molecule has 192 valence electrons. The summed E-state index contributed by atoms with van der Waals surface area (Å²) in [5, 5.41) is 38.9. The van der Waals surface area contributed by atoms with E-state index in [4.69, 9.17) is 19.3 Å². The molecule has 0 saturated heterocycles. The number of rotatable bonds is 10. The molecule has 2 aromatic carbocycles. The van der Waals surface area contributed by atoms with Crippen LogP contribution in [0.4, 0.5) is 4.39 Å². The van der Waals surface area contributed by atoms with Crippen molar-refractivity contribution in [2.24, 2.45) is 0 Å². The average Bonchev–Trinajstić information content (AvgIpc) is 3.24. The number of carboxylic acid groups (broad SMARTS) is 1. The van der Waals surface area contributed by atoms with Gasteiger partial charge >= 0.3 is 5.97 Å². The van der Waals surface area contributed by atoms with E-state index in [2.05, 4.69) is 9.97 Å². The van der Waals surface area contributed by atoms with Gasteiger partial charge in [0.1, 0.15) is 18.2 Å². The first-order chi connectivity index (χ1) is 17.7. The number of nitrogens with zero attached hydrogens (tertiary/aromatic N) is 2. The highest BCUT2D eigenvalue weighted by Gasteiger charge is 2.20. The molecule has 10 nitrogen and oxygen atoms in total. The Hall–Kier alpha value is -4.40. The summed E-state index contributed by atoms with van der Waals surface area (Å²) < 4.78 is 32.1. The number of H-pyrrole nitrogens is 1. The van der Waals surface area contributed by atoms with Crippen molar-refractivity contribution in [3.05, 3.63) is 53.6 Å². The van der Waals surface area contributed by atoms with Crippen LogP contribution in [0, 0.1) is 24.1 Å². The van der Waals surface area contributed by atoms with Crippen LogP contribution in [0.1, 0.15) is 24.1 Å². The van der Waals surface area contributed by atoms with Crippen molar-refractivity contribution in [3.8, 4) is 29.1 Å². The number of nitrogens with one attached hydrogen (secondary N) is 1. The second kappa shape index (κ2) is 10.7. The van der Waals surface area contributed by atoms with Gasteiger partial charge in [-0.1, -0.05) is 0 Å². The van der Waals surface area contributed by atoms with Crippen LogP contribution >= 0.6 is 0 Å². The molecular formula is C26H24FN3O7. The average molecular weight is 509 g/mol. The molecule has 0 aliphatic heterocycles. The van der Waals surface area contributed by atoms with Crippen LogP contribution < -0.4 is 14.2 Å². The zero-order valence-electron chi connectivity index (χ0n) is 20.0. The van der Waals surface area contributed by atoms with Crippen molar-refractivity contribution in [1.29, 1.82) is 5.26 Å². The first-order valence-corrected chi connectivity index (χ1v) is 11.3. The molecule has 11 heteroatoms. The number of aliphatic hydroxyl groups excluding tert-OH is 2. The molecule has 0 spiro atoms. The van der Waals surface area contributed by atoms with Crippen LogP contribution in [0.15, 0.2) is 36.5 Å². The van der Waals surface area contributed by atoms with Gasteiger partial charge < -0.3 is 34.5 Å². The fourth-order valence-corrected chi connectivity index (χ4v) is 3.97. The quantitative estimate of drug-likeness (QED) is 0.249. The van der Waals surface area contributed by atoms with Gasteiger partial charge in [0.2, 0.25) is 0 Å². The standard InChI is InChI=1S/C26H24FN3O7/c1-13-5-17-19(30-13)3-4-21(25(17)27)37-26-14(10-28)11-29-20-9-23(22(35-2)8-18(20)26)36-12-16(32)6-15(31)7-24(33)34/h3-5,8-9,11,15-16,30-32H,6-7,12H2,1-2H3,(H,33,34)/t15-,16+/m1/s1. The number of hydrogen-bond acceptors (Lipinski definition) is 8. The predicted molar refractivity (Wildman–Crippen MR) is 130 cm³/mol. The molecule has 37 heavy (non-hydrogen) atoms. The molecule has 4 aromatic rings. The second-order valence-electron chi connectivity index (χ2n) is 8.48. The molecule has 4 N–H and O–H groups in total. The van der Waals surface area contributed by atoms with Crippen LogP contribution in [0.3, 0.4) is 0 Å². The summed E-state index contributed by atoms with van der Waals surface area (Å²) >= 11 is 0. The van der Waals surface area contributed by atoms with Crippen LogP contribution in [0.2, 0.25) is 0 Å². The van der Waals surface area contributed by atoms with Crippen LogP contribution in [0.25, 0.3) is 21.8 Å². The Morgan fingerprint density at radius 3 is 2.65 bits per heavy atom. The highest BCUT2D eigenvalue weighted by molar-refractivity contribution is 5.91. The number of aliphatic carboxylic acids is 1. The van der Waals surface area contributed by atoms with Crippen molar-refractivity contribution < 1.29 is 38.7 Å². The number of aromatic amines is 1. The lowest BCUT2D eigenvalue weighted by Gasteiger charge is -2.18. The van der Waals surface area contributed by atoms with Crippen LogP contribution in [-0.4, -0.2) is 57.2 Å². The largest absolute Gasteiger partial charge is 0.493 e. The van der Waals surface area contributed by atoms with E-state index in [1.807, 2.05) is 13.0 Å². The van der Waals surface area contributed by atoms with E-state index in [1.54, 1.807) is 12.1 Å². The number of aliphatic hydroxyl groups is 2. The van der Waals surface area contributed by atoms with Crippen LogP contribution in [0.5, 0.6) is 23.0 Å². The normalized spacial score (nSPS) is 12.8. The molecule has 0 aliphatic carbocycles. The number of carboxylic acids is 1. The van der Waals surface area contributed by atoms with E-state index in [0.29, 0.717) is 21.8 Å². The van der Waals surface area contributed by atoms with E-state index < -0.39 is 30.4 Å². The van der Waals surface area contributed by atoms with Gasteiger partial charge in [0.05, 0.1) is 31.3 Å². The third-order valence-electron chi connectivity index (χ3n) is 5.66. The van der Waals surface area contributed by atoms with Crippen molar-refractivity contribution in [2.75, 3.05) is 13.7 Å². The monoisotopic (exact) mass is 509 g/mol. The summed E-state index contributed by atoms with van der Waals surface area (Å²) in [6, 6.07) is 9.85. The molecule has 2 heterocycles. The Balaban J connectivity index is 1.65. The predicted octanol–water partition coefficient (Wildman–Crippen LogP) is 3.80. The molecule has 4 rings (SSSR count). The lowest BCUT2D eigenvalue weighted by atomic mass is 10.1. The van der Waals surface area contributed by atoms with Crippen molar-refractivity contribution in [3.63, 3.8) is 0 Å². The lowest BCUT2D eigenvalue weighted by Crippen LogP contribution is -2.25. The molecule has 0 amide bonds. The van der Waals surface area contributed by atoms with Gasteiger partial charge in [-0.3, -0.25) is 9.78 Å². The summed E-state index contributed by atoms with van der Waals surface area (Å²) in [6.45, 7) is 1.56. The van der Waals surface area contributed by atoms with Crippen molar-refractivity contribution in [2.45, 2.75) is 32.0 Å². The van der Waals surface area contributed by atoms with E-state index in [0.717, 1.165) is 5.69 Å². The summed E-state index contributed by atoms with van der Waals surface area (Å²) in [6.07, 6.45) is -1.77. The molecule has 0 saturated carbocycles. The van der Waals surface area contributed by atoms with Gasteiger partial charge in [-0.15, -0.1) is 0 Å². The fourth-order valence-electron chi connectivity index (χ4n) is 3.97. The maximum absolute atomic E-state index is 15.2. The van der Waals surface area contributed by atoms with E-state index in [1.165, 1.54) is 31.5 Å². The minimum atomic E-state index is -1.23. The molecule has 0 fully saturated rings. The number of carbonyl (C=O) groups is 1. The maximum atomic E-state index is 15.2. The Morgan fingerprint density at radius 1 is 1.16 bits per heavy atom. The number of hydrogen-bond donors (Lipinski definition) is 4. The first-order valence-electron chi connectivity index (χ1n) is 11.3. The number of pyridine rings is 1. The van der Waals surface area contributed by atoms with Gasteiger partial charge in [-0.05, 0) is 31.2 Å². The number of fused-ring (bicyclic) bond motifs is 2. The minimum Gasteiger partial charge on any atom is -0.493 e. The molecule has 2 atom stereocenters. The summed E-state index contributed by atoms with van der Waals surface area (Å²) in [7, 11) is 1.39. The molecule has 0 bridgehead atoms. The Labute approximate surface area is 210 Å². The highest BCUT2D eigenvalue weighted by atomic mass is 19.1. The molecular weight excluding hydrogens is 485 g/mol. The van der Waals surface area contributed by atoms with Crippen molar-refractivity contribution in [1.82, 2.24) is 9.97 Å². The smallest absolute Gasteiger partial charge is 0.305 e. The lowest BCUT2D eigenvalue weighted by molar-refractivity contribution is -0.139. The summed E-state index contributed by atoms with van der Waals surface area (Å²) in [4.78, 5) is 18.0. The van der Waals surface area contributed by atoms with E-state index in [9.17, 15) is 20.3 Å². The first kappa shape index (κ1) is 25.7. The maximum Gasteiger partial charge on any atom is 0.305 e. The third-order valence-corrected chi connectivity index (χ3v) is 5.66. The number of methoxy groups -OCH3 is 1. The summed E-state index contributed by atoms with van der Waals surface area (Å²) in [5.41, 5.74) is 1.83. The van der Waals surface area contributed by atoms with Gasteiger partial charge in [0.25, 0.3) is 0 Å². The van der Waals surface area contributed by atoms with Gasteiger partial charge in [-0.25, -0.2) is 4.39 Å². The molecule has 0 unspecified atom stereocenters. The number of aromatic nitrogens is 2. The zero-order valence-corrected chi connectivity index (χ0v) is 20.0. The van der Waals surface area contributed by atoms with Gasteiger partial charge in [-0.2, -0.15) is 5.26 Å². The molecule has 2 aromatic heterocycles.